The summed E-state index contributed by atoms with van der Waals surface area (Å²) in [5, 5.41) is 7.11. The average Bonchev–Trinajstić information content (AvgIpc) is 3.14. The highest BCUT2D eigenvalue weighted by Crippen LogP contribution is 2.48. The van der Waals surface area contributed by atoms with E-state index in [-0.39, 0.29) is 11.3 Å². The van der Waals surface area contributed by atoms with Crippen molar-refractivity contribution in [2.24, 2.45) is 0 Å². The van der Waals surface area contributed by atoms with E-state index in [1.807, 2.05) is 6.07 Å². The van der Waals surface area contributed by atoms with E-state index >= 15 is 0 Å². The normalized spacial score (nSPS) is 15.7. The van der Waals surface area contributed by atoms with Gasteiger partial charge in [-0.05, 0) is 31.7 Å². The maximum atomic E-state index is 12.5. The largest absolute Gasteiger partial charge is 0.355 e. The van der Waals surface area contributed by atoms with Gasteiger partial charge in [0.25, 0.3) is 0 Å². The third-order valence-corrected chi connectivity index (χ3v) is 4.07. The number of nitrogens with zero attached hydrogens (tertiary/aromatic N) is 3. The van der Waals surface area contributed by atoms with Crippen LogP contribution in [0.2, 0.25) is 0 Å². The van der Waals surface area contributed by atoms with Crippen molar-refractivity contribution < 1.29 is 4.79 Å². The van der Waals surface area contributed by atoms with Gasteiger partial charge in [-0.1, -0.05) is 29.8 Å². The number of hydrogen-bond acceptors (Lipinski definition) is 3. The van der Waals surface area contributed by atoms with Crippen molar-refractivity contribution in [3.63, 3.8) is 0 Å². The smallest absolute Gasteiger partial charge is 0.230 e. The summed E-state index contributed by atoms with van der Waals surface area (Å²) in [6.07, 6.45) is 5.97. The Morgan fingerprint density at radius 3 is 2.95 bits per heavy atom. The number of aromatic nitrogens is 3. The first-order valence-electron chi connectivity index (χ1n) is 7.39. The summed E-state index contributed by atoms with van der Waals surface area (Å²) in [7, 11) is 0. The van der Waals surface area contributed by atoms with Crippen LogP contribution >= 0.6 is 0 Å². The van der Waals surface area contributed by atoms with Gasteiger partial charge in [0.05, 0.1) is 5.41 Å². The topological polar surface area (TPSA) is 59.8 Å². The van der Waals surface area contributed by atoms with Crippen LogP contribution in [0.1, 0.15) is 30.4 Å². The van der Waals surface area contributed by atoms with Gasteiger partial charge in [0.15, 0.2) is 0 Å². The first-order chi connectivity index (χ1) is 10.2. The molecule has 1 saturated carbocycles. The fourth-order valence-corrected chi connectivity index (χ4v) is 2.67. The Labute approximate surface area is 124 Å². The second-order valence-electron chi connectivity index (χ2n) is 5.72. The third kappa shape index (κ3) is 2.96. The molecule has 0 aliphatic heterocycles. The van der Waals surface area contributed by atoms with Crippen LogP contribution in [-0.4, -0.2) is 27.2 Å². The van der Waals surface area contributed by atoms with Crippen LogP contribution in [0.4, 0.5) is 0 Å². The van der Waals surface area contributed by atoms with Crippen molar-refractivity contribution >= 4 is 5.91 Å². The minimum Gasteiger partial charge on any atom is -0.355 e. The highest BCUT2D eigenvalue weighted by molar-refractivity contribution is 5.91. The molecule has 0 atom stereocenters. The van der Waals surface area contributed by atoms with E-state index in [4.69, 9.17) is 0 Å². The van der Waals surface area contributed by atoms with Gasteiger partial charge in [0, 0.05) is 13.1 Å². The Bertz CT molecular complexity index is 617. The molecular formula is C16H20N4O. The lowest BCUT2D eigenvalue weighted by atomic mass is 9.93. The minimum atomic E-state index is -0.278. The lowest BCUT2D eigenvalue weighted by molar-refractivity contribution is -0.123. The molecule has 0 saturated heterocycles. The molecule has 5 heteroatoms. The molecule has 1 aliphatic carbocycles. The van der Waals surface area contributed by atoms with Crippen LogP contribution in [0.25, 0.3) is 0 Å². The van der Waals surface area contributed by atoms with Crippen molar-refractivity contribution in [1.29, 1.82) is 0 Å². The molecule has 1 aromatic carbocycles. The van der Waals surface area contributed by atoms with Crippen molar-refractivity contribution in [2.75, 3.05) is 6.54 Å². The number of benzene rings is 1. The number of amides is 1. The average molecular weight is 284 g/mol. The zero-order valence-corrected chi connectivity index (χ0v) is 12.2. The molecule has 0 unspecified atom stereocenters. The predicted octanol–water partition coefficient (Wildman–Crippen LogP) is 1.82. The van der Waals surface area contributed by atoms with Crippen LogP contribution < -0.4 is 5.32 Å². The number of hydrogen-bond donors (Lipinski definition) is 1. The molecule has 0 spiro atoms. The predicted molar refractivity (Wildman–Crippen MR) is 79.7 cm³/mol. The van der Waals surface area contributed by atoms with E-state index in [2.05, 4.69) is 40.5 Å². The van der Waals surface area contributed by atoms with E-state index in [1.165, 1.54) is 11.9 Å². The van der Waals surface area contributed by atoms with Gasteiger partial charge < -0.3 is 5.32 Å². The van der Waals surface area contributed by atoms with Gasteiger partial charge >= 0.3 is 0 Å². The number of carbonyl (C=O) groups is 1. The van der Waals surface area contributed by atoms with E-state index in [0.717, 1.165) is 31.4 Å². The Kier molecular flexibility index (Phi) is 3.73. The van der Waals surface area contributed by atoms with Crippen molar-refractivity contribution in [3.05, 3.63) is 48.0 Å². The second-order valence-corrected chi connectivity index (χ2v) is 5.72. The molecule has 1 amide bonds. The summed E-state index contributed by atoms with van der Waals surface area (Å²) in [5.74, 6) is 0.159. The summed E-state index contributed by atoms with van der Waals surface area (Å²) >= 11 is 0. The fourth-order valence-electron chi connectivity index (χ4n) is 2.67. The van der Waals surface area contributed by atoms with Gasteiger partial charge in [-0.25, -0.2) is 4.98 Å². The Morgan fingerprint density at radius 2 is 2.29 bits per heavy atom. The SMILES string of the molecule is Cc1cccc(C2(C(=O)NCCCn3cncn3)CC2)c1. The summed E-state index contributed by atoms with van der Waals surface area (Å²) < 4.78 is 1.78. The highest BCUT2D eigenvalue weighted by atomic mass is 16.2. The number of rotatable bonds is 6. The minimum absolute atomic E-state index is 0.159. The summed E-state index contributed by atoms with van der Waals surface area (Å²) in [6.45, 7) is 3.51. The lowest BCUT2D eigenvalue weighted by Crippen LogP contribution is -2.35. The third-order valence-electron chi connectivity index (χ3n) is 4.07. The zero-order valence-electron chi connectivity index (χ0n) is 12.2. The Hall–Kier alpha value is -2.17. The van der Waals surface area contributed by atoms with Gasteiger partial charge in [-0.2, -0.15) is 5.10 Å². The maximum Gasteiger partial charge on any atom is 0.230 e. The van der Waals surface area contributed by atoms with Crippen molar-refractivity contribution in [2.45, 2.75) is 38.1 Å². The summed E-state index contributed by atoms with van der Waals surface area (Å²) in [4.78, 5) is 16.4. The molecule has 3 rings (SSSR count). The molecule has 0 bridgehead atoms. The van der Waals surface area contributed by atoms with Crippen LogP contribution in [0.15, 0.2) is 36.9 Å². The van der Waals surface area contributed by atoms with Crippen LogP contribution in [0.5, 0.6) is 0 Å². The highest BCUT2D eigenvalue weighted by Gasteiger charge is 2.50. The molecule has 1 fully saturated rings. The second kappa shape index (κ2) is 5.68. The zero-order chi connectivity index (χ0) is 14.7. The van der Waals surface area contributed by atoms with Gasteiger partial charge in [-0.3, -0.25) is 9.48 Å². The number of aryl methyl sites for hydroxylation is 2. The van der Waals surface area contributed by atoms with E-state index in [0.29, 0.717) is 6.54 Å². The first-order valence-corrected chi connectivity index (χ1v) is 7.39. The maximum absolute atomic E-state index is 12.5. The molecule has 110 valence electrons. The van der Waals surface area contributed by atoms with E-state index in [1.54, 1.807) is 11.0 Å². The summed E-state index contributed by atoms with van der Waals surface area (Å²) in [6, 6.07) is 8.29. The van der Waals surface area contributed by atoms with Crippen LogP contribution in [0, 0.1) is 6.92 Å². The Balaban J connectivity index is 1.53. The first kappa shape index (κ1) is 13.8. The standard InChI is InChI=1S/C16H20N4O/c1-13-4-2-5-14(10-13)16(6-7-16)15(21)18-8-3-9-20-12-17-11-19-20/h2,4-5,10-12H,3,6-9H2,1H3,(H,18,21). The fraction of sp³-hybridized carbons (Fsp3) is 0.438. The Morgan fingerprint density at radius 1 is 1.43 bits per heavy atom. The summed E-state index contributed by atoms with van der Waals surface area (Å²) in [5.41, 5.74) is 2.08. The number of nitrogens with one attached hydrogen (secondary N) is 1. The molecule has 0 radical (unpaired) electrons. The molecule has 21 heavy (non-hydrogen) atoms. The molecule has 1 aliphatic rings. The molecule has 1 N–H and O–H groups in total. The van der Waals surface area contributed by atoms with Crippen molar-refractivity contribution in [1.82, 2.24) is 20.1 Å². The van der Waals surface area contributed by atoms with Crippen LogP contribution in [0.3, 0.4) is 0 Å². The van der Waals surface area contributed by atoms with Gasteiger partial charge in [-0.15, -0.1) is 0 Å². The molecule has 2 aromatic rings. The van der Waals surface area contributed by atoms with Crippen molar-refractivity contribution in [3.8, 4) is 0 Å². The molecule has 5 nitrogen and oxygen atoms in total. The molecule has 1 aromatic heterocycles. The van der Waals surface area contributed by atoms with Crippen LogP contribution in [-0.2, 0) is 16.8 Å². The monoisotopic (exact) mass is 284 g/mol. The molecule has 1 heterocycles. The molecular weight excluding hydrogens is 264 g/mol. The van der Waals surface area contributed by atoms with E-state index in [9.17, 15) is 4.79 Å². The quantitative estimate of drug-likeness (QED) is 0.823. The van der Waals surface area contributed by atoms with E-state index < -0.39 is 0 Å². The van der Waals surface area contributed by atoms with Gasteiger partial charge in [0.2, 0.25) is 5.91 Å². The van der Waals surface area contributed by atoms with Gasteiger partial charge in [0.1, 0.15) is 12.7 Å². The number of carbonyl (C=O) groups excluding carboxylic acids is 1. The lowest BCUT2D eigenvalue weighted by Gasteiger charge is -2.16.